The van der Waals surface area contributed by atoms with Crippen molar-refractivity contribution in [2.75, 3.05) is 23.3 Å². The van der Waals surface area contributed by atoms with Crippen LogP contribution in [0.4, 0.5) is 11.4 Å². The second kappa shape index (κ2) is 8.67. The molecule has 5 heteroatoms. The molecule has 1 N–H and O–H groups in total. The molecule has 4 aromatic rings. The summed E-state index contributed by atoms with van der Waals surface area (Å²) in [4.78, 5) is 4.38. The second-order valence-electron chi connectivity index (χ2n) is 9.32. The fourth-order valence-electron chi connectivity index (χ4n) is 4.84. The number of ether oxygens (including phenoxy) is 2. The third-order valence-electron chi connectivity index (χ3n) is 7.01. The molecule has 0 amide bonds. The van der Waals surface area contributed by atoms with E-state index < -0.39 is 5.60 Å². The number of nitrogens with zero attached hydrogens (tertiary/aromatic N) is 2. The highest BCUT2D eigenvalue weighted by Gasteiger charge is 2.27. The van der Waals surface area contributed by atoms with Gasteiger partial charge < -0.3 is 24.4 Å². The van der Waals surface area contributed by atoms with E-state index in [9.17, 15) is 5.11 Å². The zero-order valence-corrected chi connectivity index (χ0v) is 19.7. The lowest BCUT2D eigenvalue weighted by atomic mass is 9.88. The number of benzene rings is 4. The molecule has 2 aliphatic rings. The van der Waals surface area contributed by atoms with Gasteiger partial charge in [-0.3, -0.25) is 0 Å². The maximum absolute atomic E-state index is 11.4. The van der Waals surface area contributed by atoms with E-state index in [1.54, 1.807) is 0 Å². The fourth-order valence-corrected chi connectivity index (χ4v) is 4.84. The molecule has 2 aliphatic heterocycles. The van der Waals surface area contributed by atoms with Crippen LogP contribution in [-0.4, -0.2) is 18.6 Å². The molecule has 0 aliphatic carbocycles. The van der Waals surface area contributed by atoms with Gasteiger partial charge in [-0.05, 0) is 54.4 Å². The summed E-state index contributed by atoms with van der Waals surface area (Å²) >= 11 is 0. The third kappa shape index (κ3) is 4.08. The van der Waals surface area contributed by atoms with Crippen LogP contribution in [0.15, 0.2) is 97.1 Å². The Balaban J connectivity index is 1.17. The average Bonchev–Trinajstić information content (AvgIpc) is 2.92. The minimum atomic E-state index is -1.10. The molecule has 0 saturated carbocycles. The summed E-state index contributed by atoms with van der Waals surface area (Å²) in [6, 6.07) is 32.5. The first kappa shape index (κ1) is 21.6. The Bertz CT molecular complexity index is 1230. The predicted molar refractivity (Wildman–Crippen MR) is 138 cm³/mol. The Hall–Kier alpha value is -3.96. The van der Waals surface area contributed by atoms with Crippen molar-refractivity contribution in [3.05, 3.63) is 119 Å². The highest BCUT2D eigenvalue weighted by molar-refractivity contribution is 5.54. The van der Waals surface area contributed by atoms with Crippen molar-refractivity contribution in [2.45, 2.75) is 25.6 Å². The second-order valence-corrected chi connectivity index (χ2v) is 9.32. The van der Waals surface area contributed by atoms with Crippen LogP contribution in [0.5, 0.6) is 11.5 Å². The summed E-state index contributed by atoms with van der Waals surface area (Å²) in [6.45, 7) is 4.48. The first-order valence-corrected chi connectivity index (χ1v) is 11.9. The van der Waals surface area contributed by atoms with Crippen LogP contribution in [-0.2, 0) is 18.7 Å². The summed E-state index contributed by atoms with van der Waals surface area (Å²) in [5.74, 6) is 1.90. The van der Waals surface area contributed by atoms with Crippen LogP contribution in [0, 0.1) is 0 Å². The molecule has 0 spiro atoms. The van der Waals surface area contributed by atoms with E-state index in [4.69, 9.17) is 9.47 Å². The van der Waals surface area contributed by atoms with Crippen molar-refractivity contribution in [3.63, 3.8) is 0 Å². The SMILES string of the molecule is CC(O)(c1ccc(N2COc3ccccc3C2)cc1)c1ccc(N2COc3ccccc3C2)cc1. The zero-order valence-electron chi connectivity index (χ0n) is 19.7. The number of rotatable bonds is 4. The van der Waals surface area contributed by atoms with Gasteiger partial charge in [0, 0.05) is 35.6 Å². The Morgan fingerprint density at radius 3 is 1.43 bits per heavy atom. The quantitative estimate of drug-likeness (QED) is 0.423. The van der Waals surface area contributed by atoms with Crippen LogP contribution in [0.25, 0.3) is 0 Å². The molecular weight excluding hydrogens is 436 g/mol. The summed E-state index contributed by atoms with van der Waals surface area (Å²) in [6.07, 6.45) is 0. The Kier molecular flexibility index (Phi) is 5.34. The number of hydrogen-bond acceptors (Lipinski definition) is 5. The lowest BCUT2D eigenvalue weighted by molar-refractivity contribution is 0.102. The lowest BCUT2D eigenvalue weighted by Gasteiger charge is -2.32. The van der Waals surface area contributed by atoms with Crippen molar-refractivity contribution in [1.82, 2.24) is 0 Å². The van der Waals surface area contributed by atoms with Gasteiger partial charge in [0.25, 0.3) is 0 Å². The molecule has 0 radical (unpaired) electrons. The van der Waals surface area contributed by atoms with Crippen LogP contribution in [0.3, 0.4) is 0 Å². The minimum absolute atomic E-state index is 0.513. The maximum atomic E-state index is 11.4. The molecule has 176 valence electrons. The van der Waals surface area contributed by atoms with Crippen LogP contribution in [0.2, 0.25) is 0 Å². The van der Waals surface area contributed by atoms with Crippen molar-refractivity contribution in [1.29, 1.82) is 0 Å². The van der Waals surface area contributed by atoms with E-state index >= 15 is 0 Å². The van der Waals surface area contributed by atoms with Crippen molar-refractivity contribution in [3.8, 4) is 11.5 Å². The molecule has 0 bridgehead atoms. The predicted octanol–water partition coefficient (Wildman–Crippen LogP) is 5.66. The molecular formula is C30H28N2O3. The van der Waals surface area contributed by atoms with Crippen LogP contribution < -0.4 is 19.3 Å². The molecule has 0 atom stereocenters. The number of fused-ring (bicyclic) bond motifs is 2. The molecule has 5 nitrogen and oxygen atoms in total. The average molecular weight is 465 g/mol. The molecule has 0 saturated heterocycles. The van der Waals surface area contributed by atoms with E-state index in [0.717, 1.165) is 47.1 Å². The van der Waals surface area contributed by atoms with E-state index in [-0.39, 0.29) is 0 Å². The minimum Gasteiger partial charge on any atom is -0.473 e. The summed E-state index contributed by atoms with van der Waals surface area (Å²) < 4.78 is 11.8. The maximum Gasteiger partial charge on any atom is 0.161 e. The Morgan fingerprint density at radius 2 is 1.00 bits per heavy atom. The normalized spacial score (nSPS) is 15.0. The van der Waals surface area contributed by atoms with Gasteiger partial charge in [-0.15, -0.1) is 0 Å². The summed E-state index contributed by atoms with van der Waals surface area (Å²) in [7, 11) is 0. The monoisotopic (exact) mass is 464 g/mol. The van der Waals surface area contributed by atoms with Gasteiger partial charge >= 0.3 is 0 Å². The topological polar surface area (TPSA) is 45.2 Å². The molecule has 4 aromatic carbocycles. The lowest BCUT2D eigenvalue weighted by Crippen LogP contribution is -2.32. The first-order chi connectivity index (χ1) is 17.1. The molecule has 35 heavy (non-hydrogen) atoms. The number of para-hydroxylation sites is 2. The van der Waals surface area contributed by atoms with Crippen molar-refractivity contribution < 1.29 is 14.6 Å². The van der Waals surface area contributed by atoms with Crippen molar-refractivity contribution in [2.24, 2.45) is 0 Å². The highest BCUT2D eigenvalue weighted by atomic mass is 16.5. The van der Waals surface area contributed by atoms with Crippen LogP contribution in [0.1, 0.15) is 29.2 Å². The third-order valence-corrected chi connectivity index (χ3v) is 7.01. The summed E-state index contributed by atoms with van der Waals surface area (Å²) in [5, 5.41) is 11.4. The van der Waals surface area contributed by atoms with Gasteiger partial charge in [-0.1, -0.05) is 60.7 Å². The number of aliphatic hydroxyl groups is 1. The molecule has 0 fully saturated rings. The number of anilines is 2. The van der Waals surface area contributed by atoms with Crippen LogP contribution >= 0.6 is 0 Å². The largest absolute Gasteiger partial charge is 0.473 e. The highest BCUT2D eigenvalue weighted by Crippen LogP contribution is 2.34. The molecule has 0 aromatic heterocycles. The number of hydrogen-bond donors (Lipinski definition) is 1. The standard InChI is InChI=1S/C30H28N2O3/c1-30(33,24-10-14-26(15-11-24)31-18-22-6-2-4-8-28(22)34-20-31)25-12-16-27(17-13-25)32-19-23-7-3-5-9-29(23)35-21-32/h2-17,33H,18-21H2,1H3. The van der Waals surface area contributed by atoms with Gasteiger partial charge in [0.2, 0.25) is 0 Å². The van der Waals surface area contributed by atoms with Gasteiger partial charge in [0.05, 0.1) is 0 Å². The van der Waals surface area contributed by atoms with E-state index in [1.807, 2.05) is 67.6 Å². The fraction of sp³-hybridized carbons (Fsp3) is 0.200. The zero-order chi connectivity index (χ0) is 23.8. The van der Waals surface area contributed by atoms with E-state index in [0.29, 0.717) is 13.5 Å². The van der Waals surface area contributed by atoms with Gasteiger partial charge in [-0.2, -0.15) is 0 Å². The Labute approximate surface area is 205 Å². The first-order valence-electron chi connectivity index (χ1n) is 11.9. The molecule has 0 unspecified atom stereocenters. The van der Waals surface area contributed by atoms with E-state index in [1.165, 1.54) is 11.1 Å². The molecule has 6 rings (SSSR count). The van der Waals surface area contributed by atoms with E-state index in [2.05, 4.69) is 46.2 Å². The molecule has 2 heterocycles. The van der Waals surface area contributed by atoms with Gasteiger partial charge in [-0.25, -0.2) is 0 Å². The van der Waals surface area contributed by atoms with Gasteiger partial charge in [0.1, 0.15) is 17.1 Å². The Morgan fingerprint density at radius 1 is 0.600 bits per heavy atom. The summed E-state index contributed by atoms with van der Waals surface area (Å²) in [5.41, 5.74) is 5.09. The smallest absolute Gasteiger partial charge is 0.161 e. The van der Waals surface area contributed by atoms with Gasteiger partial charge in [0.15, 0.2) is 13.5 Å². The van der Waals surface area contributed by atoms with Crippen molar-refractivity contribution >= 4 is 11.4 Å².